The first-order chi connectivity index (χ1) is 12.0. The summed E-state index contributed by atoms with van der Waals surface area (Å²) in [6.45, 7) is 4.71. The lowest BCUT2D eigenvalue weighted by atomic mass is 9.82. The zero-order valence-electron chi connectivity index (χ0n) is 14.1. The molecule has 3 aromatic rings. The molecule has 1 aliphatic rings. The maximum Gasteiger partial charge on any atom is 0.234 e. The lowest BCUT2D eigenvalue weighted by Gasteiger charge is -2.44. The van der Waals surface area contributed by atoms with E-state index in [1.165, 1.54) is 0 Å². The predicted molar refractivity (Wildman–Crippen MR) is 100 cm³/mol. The Balaban J connectivity index is 1.63. The number of β-lactam (4-membered cyclic amide) rings is 1. The fourth-order valence-electron chi connectivity index (χ4n) is 3.14. The smallest absolute Gasteiger partial charge is 0.234 e. The second-order valence-electron chi connectivity index (χ2n) is 6.93. The van der Waals surface area contributed by atoms with E-state index < -0.39 is 0 Å². The third-order valence-electron chi connectivity index (χ3n) is 4.57. The van der Waals surface area contributed by atoms with Crippen molar-refractivity contribution in [3.8, 4) is 16.9 Å². The van der Waals surface area contributed by atoms with E-state index in [4.69, 9.17) is 11.6 Å². The molecule has 0 unspecified atom stereocenters. The van der Waals surface area contributed by atoms with Crippen molar-refractivity contribution in [3.05, 3.63) is 65.8 Å². The third kappa shape index (κ3) is 2.72. The Bertz CT molecular complexity index is 926. The van der Waals surface area contributed by atoms with Crippen molar-refractivity contribution in [1.29, 1.82) is 0 Å². The van der Waals surface area contributed by atoms with Gasteiger partial charge in [0.1, 0.15) is 0 Å². The molecular formula is C20H18ClN3O. The molecule has 1 fully saturated rings. The average molecular weight is 352 g/mol. The van der Waals surface area contributed by atoms with Crippen molar-refractivity contribution < 1.29 is 4.79 Å². The van der Waals surface area contributed by atoms with Gasteiger partial charge in [-0.3, -0.25) is 4.79 Å². The largest absolute Gasteiger partial charge is 0.311 e. The zero-order valence-corrected chi connectivity index (χ0v) is 14.9. The molecular weight excluding hydrogens is 334 g/mol. The van der Waals surface area contributed by atoms with Crippen molar-refractivity contribution >= 4 is 23.2 Å². The first kappa shape index (κ1) is 15.9. The lowest BCUT2D eigenvalue weighted by molar-refractivity contribution is -0.132. The van der Waals surface area contributed by atoms with Gasteiger partial charge >= 0.3 is 0 Å². The Morgan fingerprint density at radius 1 is 0.960 bits per heavy atom. The standard InChI is InChI=1S/C20H18ClN3O/c1-20(2)13-23(19(20)25)16-7-3-14(4-8-16)18-11-12-22-24(18)17-9-5-15(21)6-10-17/h3-12H,13H2,1-2H3. The minimum atomic E-state index is -0.244. The van der Waals surface area contributed by atoms with Gasteiger partial charge in [-0.1, -0.05) is 23.7 Å². The molecule has 1 saturated heterocycles. The molecule has 2 heterocycles. The Kier molecular flexibility index (Phi) is 3.65. The van der Waals surface area contributed by atoms with Gasteiger partial charge in [0.2, 0.25) is 5.91 Å². The Labute approximate surface area is 151 Å². The molecule has 1 aliphatic heterocycles. The van der Waals surface area contributed by atoms with Gasteiger partial charge in [-0.15, -0.1) is 0 Å². The fourth-order valence-corrected chi connectivity index (χ4v) is 3.27. The number of aromatic nitrogens is 2. The van der Waals surface area contributed by atoms with Gasteiger partial charge in [-0.2, -0.15) is 5.10 Å². The minimum Gasteiger partial charge on any atom is -0.311 e. The summed E-state index contributed by atoms with van der Waals surface area (Å²) in [6, 6.07) is 17.6. The van der Waals surface area contributed by atoms with Crippen LogP contribution in [0, 0.1) is 5.41 Å². The number of carbonyl (C=O) groups is 1. The highest BCUT2D eigenvalue weighted by atomic mass is 35.5. The van der Waals surface area contributed by atoms with Gasteiger partial charge in [0.25, 0.3) is 0 Å². The minimum absolute atomic E-state index is 0.173. The van der Waals surface area contributed by atoms with E-state index in [1.807, 2.05) is 78.0 Å². The third-order valence-corrected chi connectivity index (χ3v) is 4.82. The van der Waals surface area contributed by atoms with Gasteiger partial charge in [0.15, 0.2) is 0 Å². The van der Waals surface area contributed by atoms with Crippen LogP contribution in [0.1, 0.15) is 13.8 Å². The number of carbonyl (C=O) groups excluding carboxylic acids is 1. The number of hydrogen-bond acceptors (Lipinski definition) is 2. The molecule has 1 amide bonds. The van der Waals surface area contributed by atoms with Crippen LogP contribution in [-0.4, -0.2) is 22.2 Å². The normalized spacial score (nSPS) is 16.0. The summed E-state index contributed by atoms with van der Waals surface area (Å²) in [6.07, 6.45) is 1.78. The molecule has 0 aliphatic carbocycles. The Morgan fingerprint density at radius 2 is 1.60 bits per heavy atom. The van der Waals surface area contributed by atoms with Crippen LogP contribution in [0.5, 0.6) is 0 Å². The Morgan fingerprint density at radius 3 is 2.20 bits per heavy atom. The molecule has 0 spiro atoms. The van der Waals surface area contributed by atoms with E-state index in [0.29, 0.717) is 5.02 Å². The van der Waals surface area contributed by atoms with Crippen molar-refractivity contribution in [2.24, 2.45) is 5.41 Å². The number of hydrogen-bond donors (Lipinski definition) is 0. The summed E-state index contributed by atoms with van der Waals surface area (Å²) in [5.74, 6) is 0.173. The van der Waals surface area contributed by atoms with Crippen LogP contribution in [-0.2, 0) is 4.79 Å². The summed E-state index contributed by atoms with van der Waals surface area (Å²) in [5.41, 5.74) is 3.68. The second-order valence-corrected chi connectivity index (χ2v) is 7.36. The summed E-state index contributed by atoms with van der Waals surface area (Å²) in [5, 5.41) is 5.12. The number of halogens is 1. The van der Waals surface area contributed by atoms with Gasteiger partial charge < -0.3 is 4.90 Å². The van der Waals surface area contributed by atoms with Gasteiger partial charge in [-0.25, -0.2) is 4.68 Å². The molecule has 0 N–H and O–H groups in total. The molecule has 4 rings (SSSR count). The van der Waals surface area contributed by atoms with Crippen LogP contribution in [0.2, 0.25) is 5.02 Å². The number of rotatable bonds is 3. The first-order valence-corrected chi connectivity index (χ1v) is 8.56. The first-order valence-electron chi connectivity index (χ1n) is 8.18. The second kappa shape index (κ2) is 5.74. The van der Waals surface area contributed by atoms with Crippen LogP contribution < -0.4 is 4.90 Å². The zero-order chi connectivity index (χ0) is 17.6. The summed E-state index contributed by atoms with van der Waals surface area (Å²) < 4.78 is 1.88. The van der Waals surface area contributed by atoms with Crippen molar-refractivity contribution in [2.45, 2.75) is 13.8 Å². The molecule has 0 bridgehead atoms. The summed E-state index contributed by atoms with van der Waals surface area (Å²) in [4.78, 5) is 14.0. The number of nitrogens with zero attached hydrogens (tertiary/aromatic N) is 3. The van der Waals surface area contributed by atoms with Crippen molar-refractivity contribution in [3.63, 3.8) is 0 Å². The SMILES string of the molecule is CC1(C)CN(c2ccc(-c3ccnn3-c3ccc(Cl)cc3)cc2)C1=O. The van der Waals surface area contributed by atoms with Crippen LogP contribution >= 0.6 is 11.6 Å². The maximum atomic E-state index is 12.2. The molecule has 0 atom stereocenters. The van der Waals surface area contributed by atoms with E-state index in [2.05, 4.69) is 5.10 Å². The van der Waals surface area contributed by atoms with Gasteiger partial charge in [0, 0.05) is 22.8 Å². The van der Waals surface area contributed by atoms with E-state index in [9.17, 15) is 4.79 Å². The van der Waals surface area contributed by atoms with E-state index in [-0.39, 0.29) is 11.3 Å². The van der Waals surface area contributed by atoms with Gasteiger partial charge in [0.05, 0.1) is 23.0 Å². The molecule has 126 valence electrons. The molecule has 1 aromatic heterocycles. The Hall–Kier alpha value is -2.59. The van der Waals surface area contributed by atoms with Crippen LogP contribution in [0.25, 0.3) is 16.9 Å². The fraction of sp³-hybridized carbons (Fsp3) is 0.200. The topological polar surface area (TPSA) is 38.1 Å². The highest BCUT2D eigenvalue weighted by Crippen LogP contribution is 2.36. The predicted octanol–water partition coefficient (Wildman–Crippen LogP) is 4.57. The van der Waals surface area contributed by atoms with Crippen LogP contribution in [0.4, 0.5) is 5.69 Å². The summed E-state index contributed by atoms with van der Waals surface area (Å²) in [7, 11) is 0. The highest BCUT2D eigenvalue weighted by Gasteiger charge is 2.44. The molecule has 25 heavy (non-hydrogen) atoms. The molecule has 5 heteroatoms. The molecule has 4 nitrogen and oxygen atoms in total. The van der Waals surface area contributed by atoms with E-state index >= 15 is 0 Å². The highest BCUT2D eigenvalue weighted by molar-refractivity contribution is 6.30. The summed E-state index contributed by atoms with van der Waals surface area (Å²) >= 11 is 5.97. The van der Waals surface area contributed by atoms with Gasteiger partial charge in [-0.05, 0) is 56.3 Å². The molecule has 0 radical (unpaired) electrons. The average Bonchev–Trinajstić information content (AvgIpc) is 3.10. The van der Waals surface area contributed by atoms with Crippen molar-refractivity contribution in [1.82, 2.24) is 9.78 Å². The number of anilines is 1. The quantitative estimate of drug-likeness (QED) is 0.648. The van der Waals surface area contributed by atoms with Crippen molar-refractivity contribution in [2.75, 3.05) is 11.4 Å². The maximum absolute atomic E-state index is 12.2. The van der Waals surface area contributed by atoms with Crippen LogP contribution in [0.15, 0.2) is 60.8 Å². The van der Waals surface area contributed by atoms with Crippen LogP contribution in [0.3, 0.4) is 0 Å². The number of benzene rings is 2. The van der Waals surface area contributed by atoms with E-state index in [1.54, 1.807) is 6.20 Å². The molecule has 2 aromatic carbocycles. The number of amides is 1. The molecule has 0 saturated carbocycles. The lowest BCUT2D eigenvalue weighted by Crippen LogP contribution is -2.58. The monoisotopic (exact) mass is 351 g/mol. The van der Waals surface area contributed by atoms with E-state index in [0.717, 1.165) is 29.2 Å².